The van der Waals surface area contributed by atoms with Crippen LogP contribution < -0.4 is 5.56 Å². The van der Waals surface area contributed by atoms with Crippen molar-refractivity contribution in [2.45, 2.75) is 11.4 Å². The second-order valence-corrected chi connectivity index (χ2v) is 8.92. The van der Waals surface area contributed by atoms with Gasteiger partial charge in [0.1, 0.15) is 17.3 Å². The number of aromatic nitrogens is 1. The molecule has 1 saturated heterocycles. The molecule has 1 aliphatic heterocycles. The van der Waals surface area contributed by atoms with Gasteiger partial charge in [-0.1, -0.05) is 12.1 Å². The number of hydrogen-bond acceptors (Lipinski definition) is 8. The molecular weight excluding hydrogens is 463 g/mol. The molecule has 0 radical (unpaired) electrons. The number of halogens is 1. The Labute approximate surface area is 187 Å². The topological polar surface area (TPSA) is 149 Å². The summed E-state index contributed by atoms with van der Waals surface area (Å²) in [6.45, 7) is -0.913. The van der Waals surface area contributed by atoms with Gasteiger partial charge < -0.3 is 9.64 Å². The average Bonchev–Trinajstić information content (AvgIpc) is 2.79. The number of hydrogen-bond donors (Lipinski definition) is 0. The van der Waals surface area contributed by atoms with Crippen molar-refractivity contribution in [2.75, 3.05) is 33.3 Å². The fraction of sp³-hybridized carbons (Fsp3) is 0.316. The lowest BCUT2D eigenvalue weighted by molar-refractivity contribution is -0.386. The molecule has 0 aliphatic carbocycles. The lowest BCUT2D eigenvalue weighted by Crippen LogP contribution is -2.51. The molecule has 1 aliphatic rings. The minimum atomic E-state index is -4.10. The maximum Gasteiger partial charge on any atom is 0.339 e. The molecule has 33 heavy (non-hydrogen) atoms. The third-order valence-electron chi connectivity index (χ3n) is 5.04. The highest BCUT2D eigenvalue weighted by atomic mass is 32.2. The van der Waals surface area contributed by atoms with Crippen LogP contribution in [0.15, 0.2) is 46.2 Å². The van der Waals surface area contributed by atoms with Crippen LogP contribution in [0, 0.1) is 15.9 Å². The highest BCUT2D eigenvalue weighted by Crippen LogP contribution is 2.20. The lowest BCUT2D eigenvalue weighted by atomic mass is 10.2. The first kappa shape index (κ1) is 24.0. The zero-order chi connectivity index (χ0) is 24.3. The second-order valence-electron chi connectivity index (χ2n) is 7.01. The van der Waals surface area contributed by atoms with E-state index in [1.807, 2.05) is 0 Å². The van der Waals surface area contributed by atoms with Gasteiger partial charge in [0.15, 0.2) is 0 Å². The first-order valence-electron chi connectivity index (χ1n) is 9.56. The van der Waals surface area contributed by atoms with Crippen LogP contribution in [0.2, 0.25) is 0 Å². The van der Waals surface area contributed by atoms with E-state index in [-0.39, 0.29) is 31.7 Å². The number of methoxy groups -OCH3 is 1. The molecule has 0 unspecified atom stereocenters. The van der Waals surface area contributed by atoms with Gasteiger partial charge >= 0.3 is 17.2 Å². The lowest BCUT2D eigenvalue weighted by Gasteiger charge is -2.34. The summed E-state index contributed by atoms with van der Waals surface area (Å²) in [5, 5.41) is 11.2. The van der Waals surface area contributed by atoms with E-state index >= 15 is 0 Å². The van der Waals surface area contributed by atoms with E-state index < -0.39 is 55.3 Å². The number of rotatable bonds is 6. The van der Waals surface area contributed by atoms with Crippen LogP contribution in [0.4, 0.5) is 10.1 Å². The molecule has 14 heteroatoms. The molecule has 1 amide bonds. The first-order chi connectivity index (χ1) is 15.6. The van der Waals surface area contributed by atoms with Gasteiger partial charge in [0.2, 0.25) is 15.9 Å². The fourth-order valence-corrected chi connectivity index (χ4v) is 4.80. The molecular formula is C19H19FN4O8S. The molecule has 0 saturated carbocycles. The maximum atomic E-state index is 13.9. The third-order valence-corrected chi connectivity index (χ3v) is 6.97. The summed E-state index contributed by atoms with van der Waals surface area (Å²) in [7, 11) is -3.04. The molecule has 1 fully saturated rings. The van der Waals surface area contributed by atoms with Crippen molar-refractivity contribution >= 4 is 27.6 Å². The molecule has 176 valence electrons. The van der Waals surface area contributed by atoms with Crippen molar-refractivity contribution in [2.24, 2.45) is 0 Å². The van der Waals surface area contributed by atoms with Gasteiger partial charge in [-0.2, -0.15) is 4.31 Å². The van der Waals surface area contributed by atoms with Crippen molar-refractivity contribution in [1.29, 1.82) is 0 Å². The quantitative estimate of drug-likeness (QED) is 0.322. The molecule has 12 nitrogen and oxygen atoms in total. The summed E-state index contributed by atoms with van der Waals surface area (Å²) in [5.41, 5.74) is -2.26. The van der Waals surface area contributed by atoms with Crippen LogP contribution in [0.1, 0.15) is 10.4 Å². The molecule has 2 aromatic rings. The average molecular weight is 482 g/mol. The molecule has 1 aromatic heterocycles. The summed E-state index contributed by atoms with van der Waals surface area (Å²) in [5.74, 6) is -2.43. The highest BCUT2D eigenvalue weighted by Gasteiger charge is 2.32. The van der Waals surface area contributed by atoms with Gasteiger partial charge in [0.05, 0.1) is 17.6 Å². The normalized spacial score (nSPS) is 14.7. The van der Waals surface area contributed by atoms with Gasteiger partial charge in [-0.15, -0.1) is 0 Å². The van der Waals surface area contributed by atoms with Gasteiger partial charge in [-0.3, -0.25) is 24.3 Å². The van der Waals surface area contributed by atoms with E-state index in [2.05, 4.69) is 4.74 Å². The van der Waals surface area contributed by atoms with Crippen molar-refractivity contribution < 1.29 is 32.1 Å². The Morgan fingerprint density at radius 2 is 1.82 bits per heavy atom. The van der Waals surface area contributed by atoms with Crippen LogP contribution in [0.5, 0.6) is 0 Å². The molecule has 0 bridgehead atoms. The van der Waals surface area contributed by atoms with Crippen molar-refractivity contribution in [1.82, 2.24) is 13.8 Å². The second kappa shape index (κ2) is 9.46. The van der Waals surface area contributed by atoms with E-state index in [0.717, 1.165) is 40.4 Å². The smallest absolute Gasteiger partial charge is 0.339 e. The first-order valence-corrected chi connectivity index (χ1v) is 11.0. The number of carbonyl (C=O) groups excluding carboxylic acids is 2. The Morgan fingerprint density at radius 3 is 2.39 bits per heavy atom. The number of sulfonamides is 1. The number of carbonyl (C=O) groups is 2. The van der Waals surface area contributed by atoms with Crippen LogP contribution in [0.25, 0.3) is 0 Å². The van der Waals surface area contributed by atoms with Crippen LogP contribution in [-0.4, -0.2) is 72.3 Å². The Balaban J connectivity index is 1.75. The Hall–Kier alpha value is -3.65. The van der Waals surface area contributed by atoms with E-state index in [1.54, 1.807) is 0 Å². The van der Waals surface area contributed by atoms with Crippen molar-refractivity contribution in [3.8, 4) is 0 Å². The molecule has 3 rings (SSSR count). The third kappa shape index (κ3) is 4.90. The van der Waals surface area contributed by atoms with Gasteiger partial charge in [-0.05, 0) is 12.1 Å². The molecule has 2 heterocycles. The largest absolute Gasteiger partial charge is 0.465 e. The summed E-state index contributed by atoms with van der Waals surface area (Å²) < 4.78 is 45.6. The van der Waals surface area contributed by atoms with Crippen molar-refractivity contribution in [3.05, 3.63) is 68.4 Å². The highest BCUT2D eigenvalue weighted by molar-refractivity contribution is 7.89. The van der Waals surface area contributed by atoms with Crippen LogP contribution in [-0.2, 0) is 26.1 Å². The summed E-state index contributed by atoms with van der Waals surface area (Å²) in [6, 6.07) is 5.71. The number of piperazine rings is 1. The fourth-order valence-electron chi connectivity index (χ4n) is 3.31. The van der Waals surface area contributed by atoms with Crippen LogP contribution in [0.3, 0.4) is 0 Å². The minimum Gasteiger partial charge on any atom is -0.465 e. The van der Waals surface area contributed by atoms with Gasteiger partial charge in [-0.25, -0.2) is 17.6 Å². The molecule has 0 N–H and O–H groups in total. The van der Waals surface area contributed by atoms with Gasteiger partial charge in [0, 0.05) is 38.4 Å². The minimum absolute atomic E-state index is 0.0416. The monoisotopic (exact) mass is 482 g/mol. The van der Waals surface area contributed by atoms with Crippen molar-refractivity contribution in [3.63, 3.8) is 0 Å². The Kier molecular flexibility index (Phi) is 6.88. The molecule has 1 aromatic carbocycles. The number of benzene rings is 1. The number of pyridine rings is 1. The predicted molar refractivity (Wildman–Crippen MR) is 110 cm³/mol. The van der Waals surface area contributed by atoms with Crippen LogP contribution >= 0.6 is 0 Å². The maximum absolute atomic E-state index is 13.9. The SMILES string of the molecule is COC(=O)c1cc([N+](=O)[O-])c(=O)n(CC(=O)N2CCN(S(=O)(=O)c3ccccc3F)CC2)c1. The zero-order valence-electron chi connectivity index (χ0n) is 17.3. The Bertz CT molecular complexity index is 1270. The number of ether oxygens (including phenoxy) is 1. The standard InChI is InChI=1S/C19H19FN4O8S/c1-32-19(27)13-10-15(24(28)29)18(26)22(11-13)12-17(25)21-6-8-23(9-7-21)33(30,31)16-5-3-2-4-14(16)20/h2-5,10-11H,6-9,12H2,1H3. The zero-order valence-corrected chi connectivity index (χ0v) is 18.2. The number of esters is 1. The van der Waals surface area contributed by atoms with E-state index in [4.69, 9.17) is 0 Å². The summed E-state index contributed by atoms with van der Waals surface area (Å²) in [4.78, 5) is 47.8. The predicted octanol–water partition coefficient (Wildman–Crippen LogP) is 0.215. The number of nitro groups is 1. The van der Waals surface area contributed by atoms with E-state index in [0.29, 0.717) is 0 Å². The number of nitrogens with zero attached hydrogens (tertiary/aromatic N) is 4. The molecule has 0 spiro atoms. The van der Waals surface area contributed by atoms with E-state index in [1.165, 1.54) is 17.0 Å². The van der Waals surface area contributed by atoms with E-state index in [9.17, 15) is 37.3 Å². The van der Waals surface area contributed by atoms with Gasteiger partial charge in [0.25, 0.3) is 0 Å². The number of amides is 1. The summed E-state index contributed by atoms with van der Waals surface area (Å²) >= 11 is 0. The summed E-state index contributed by atoms with van der Waals surface area (Å²) in [6.07, 6.45) is 0.984. The molecule has 0 atom stereocenters. The Morgan fingerprint density at radius 1 is 1.18 bits per heavy atom.